The molecule has 0 aliphatic rings. The standard InChI is InChI=1S/4C19H16.3C13H12.C7H8/c1-15-12-18(16-8-4-2-5-9-16)14-19(13-15)17-10-6-3-7-11-17;1-15-14-18(16-8-4-2-5-9-16)12-13-19(15)17-10-6-3-7-11-17;1-15-7-5-6-10-19(15)18-13-11-17(12-14-18)16-8-3-2-4-9-16;1-15-6-5-9-19(14-15)18-12-10-17(11-13-18)16-7-3-2-4-8-16;1-11-7-5-6-10-13(11)12-8-3-2-4-9-12;1-11-6-5-9-13(10-11)12-7-3-2-4-8-12;1-11-7-9-13(10-8-11)12-5-3-2-4-6-12;1-7-5-3-2-4-6-7/h4*2-14H,1H3;3*2-10H,1H3;2-6H,1H3. The summed E-state index contributed by atoms with van der Waals surface area (Å²) in [6, 6.07) is 178. The van der Waals surface area contributed by atoms with Gasteiger partial charge >= 0.3 is 0 Å². The summed E-state index contributed by atoms with van der Waals surface area (Å²) in [5.74, 6) is 0. The van der Waals surface area contributed by atoms with Gasteiger partial charge in [-0.05, 0) is 206 Å². The van der Waals surface area contributed by atoms with E-state index in [1.54, 1.807) is 0 Å². The molecule has 0 fully saturated rings. The summed E-state index contributed by atoms with van der Waals surface area (Å²) in [7, 11) is 0. The SMILES string of the molecule is Cc1cc(-c2ccccc2)cc(-c2ccccc2)c1.Cc1cc(-c2ccccc2)ccc1-c1ccccc1.Cc1ccc(-c2ccccc2)cc1.Cc1cccc(-c2ccc(-c3ccccc3)cc2)c1.Cc1cccc(-c2ccccc2)c1.Cc1ccccc1.Cc1ccccc1-c1ccc(-c2ccccc2)cc1.Cc1ccccc1-c1ccccc1. The van der Waals surface area contributed by atoms with Crippen molar-refractivity contribution in [3.8, 4) is 122 Å². The van der Waals surface area contributed by atoms with E-state index < -0.39 is 0 Å². The third-order valence-corrected chi connectivity index (χ3v) is 21.0. The van der Waals surface area contributed by atoms with E-state index in [0.717, 1.165) is 0 Å². The lowest BCUT2D eigenvalue weighted by Gasteiger charge is -2.09. The molecule has 19 aromatic rings. The number of hydrogen-bond donors (Lipinski definition) is 0. The first-order chi connectivity index (χ1) is 59.8. The van der Waals surface area contributed by atoms with Crippen LogP contribution in [0.15, 0.2) is 510 Å². The second-order valence-corrected chi connectivity index (χ2v) is 30.5. The first-order valence-electron chi connectivity index (χ1n) is 42.1. The van der Waals surface area contributed by atoms with Crippen LogP contribution < -0.4 is 0 Å². The lowest BCUT2D eigenvalue weighted by Crippen LogP contribution is -1.85. The van der Waals surface area contributed by atoms with Crippen LogP contribution in [0.2, 0.25) is 0 Å². The summed E-state index contributed by atoms with van der Waals surface area (Å²) in [6.07, 6.45) is 0. The number of hydrogen-bond acceptors (Lipinski definition) is 0. The lowest BCUT2D eigenvalue weighted by molar-refractivity contribution is 1.45. The molecule has 0 aliphatic heterocycles. The molecule has 0 saturated carbocycles. The minimum atomic E-state index is 1.26. The van der Waals surface area contributed by atoms with E-state index >= 15 is 0 Å². The zero-order valence-electron chi connectivity index (χ0n) is 71.5. The molecule has 0 spiro atoms. The average molecular weight is 1570 g/mol. The average Bonchev–Trinajstić information content (AvgIpc) is 0.828. The molecule has 596 valence electrons. The first-order valence-corrected chi connectivity index (χ1v) is 42.1. The Hall–Kier alpha value is -14.8. The van der Waals surface area contributed by atoms with E-state index in [2.05, 4.69) is 516 Å². The van der Waals surface area contributed by atoms with Gasteiger partial charge in [-0.1, -0.05) is 526 Å². The van der Waals surface area contributed by atoms with Crippen molar-refractivity contribution >= 4 is 0 Å². The van der Waals surface area contributed by atoms with Gasteiger partial charge in [0.25, 0.3) is 0 Å². The van der Waals surface area contributed by atoms with Gasteiger partial charge in [-0.25, -0.2) is 0 Å². The molecule has 0 atom stereocenters. The molecule has 0 amide bonds. The van der Waals surface area contributed by atoms with Crippen LogP contribution in [0.25, 0.3) is 122 Å². The van der Waals surface area contributed by atoms with Crippen LogP contribution in [0.1, 0.15) is 44.5 Å². The minimum Gasteiger partial charge on any atom is -0.0622 e. The summed E-state index contributed by atoms with van der Waals surface area (Å²) in [4.78, 5) is 0. The monoisotopic (exact) mass is 1570 g/mol. The van der Waals surface area contributed by atoms with Crippen molar-refractivity contribution in [3.05, 3.63) is 554 Å². The van der Waals surface area contributed by atoms with Crippen molar-refractivity contribution < 1.29 is 0 Å². The fourth-order valence-corrected chi connectivity index (χ4v) is 14.4. The van der Waals surface area contributed by atoms with E-state index in [1.807, 2.05) is 48.5 Å². The number of aryl methyl sites for hydroxylation is 8. The molecule has 0 bridgehead atoms. The molecule has 0 aromatic heterocycles. The Bertz CT molecular complexity index is 6150. The summed E-state index contributed by atoms with van der Waals surface area (Å²) in [6.45, 7) is 17.1. The van der Waals surface area contributed by atoms with E-state index in [1.165, 1.54) is 167 Å². The Morgan fingerprint density at radius 2 is 0.279 bits per heavy atom. The quantitative estimate of drug-likeness (QED) is 0.121. The van der Waals surface area contributed by atoms with Crippen LogP contribution in [0, 0.1) is 55.4 Å². The Morgan fingerprint density at radius 3 is 0.574 bits per heavy atom. The van der Waals surface area contributed by atoms with Crippen molar-refractivity contribution in [2.45, 2.75) is 55.4 Å². The highest BCUT2D eigenvalue weighted by atomic mass is 14.1. The topological polar surface area (TPSA) is 0 Å². The molecule has 0 aliphatic carbocycles. The maximum atomic E-state index is 2.26. The second kappa shape index (κ2) is 46.4. The molecule has 0 nitrogen and oxygen atoms in total. The number of rotatable bonds is 11. The second-order valence-electron chi connectivity index (χ2n) is 30.5. The molecular weight excluding hydrogens is 1470 g/mol. The normalized spacial score (nSPS) is 10.1. The Labute approximate surface area is 726 Å². The summed E-state index contributed by atoms with van der Waals surface area (Å²) in [5.41, 5.74) is 38.6. The van der Waals surface area contributed by atoms with Gasteiger partial charge in [0.1, 0.15) is 0 Å². The van der Waals surface area contributed by atoms with Gasteiger partial charge in [0.15, 0.2) is 0 Å². The molecule has 19 rings (SSSR count). The highest BCUT2D eigenvalue weighted by Gasteiger charge is 2.09. The highest BCUT2D eigenvalue weighted by molar-refractivity contribution is 5.78. The Balaban J connectivity index is 0.000000129. The molecule has 0 radical (unpaired) electrons. The third kappa shape index (κ3) is 26.9. The predicted molar refractivity (Wildman–Crippen MR) is 529 cm³/mol. The zero-order valence-corrected chi connectivity index (χ0v) is 71.5. The van der Waals surface area contributed by atoms with Crippen molar-refractivity contribution in [2.75, 3.05) is 0 Å². The van der Waals surface area contributed by atoms with Gasteiger partial charge in [0, 0.05) is 0 Å². The smallest absolute Gasteiger partial charge is 0.0154 e. The van der Waals surface area contributed by atoms with Gasteiger partial charge in [-0.3, -0.25) is 0 Å². The largest absolute Gasteiger partial charge is 0.0622 e. The molecular formula is C122H108. The van der Waals surface area contributed by atoms with Gasteiger partial charge < -0.3 is 0 Å². The first kappa shape index (κ1) is 86.5. The Kier molecular flexibility index (Phi) is 32.9. The van der Waals surface area contributed by atoms with E-state index in [0.29, 0.717) is 0 Å². The fraction of sp³-hybridized carbons (Fsp3) is 0.0656. The third-order valence-electron chi connectivity index (χ3n) is 21.0. The van der Waals surface area contributed by atoms with Crippen LogP contribution in [-0.4, -0.2) is 0 Å². The summed E-state index contributed by atoms with van der Waals surface area (Å²) in [5, 5.41) is 0. The molecule has 0 saturated heterocycles. The van der Waals surface area contributed by atoms with Crippen molar-refractivity contribution in [1.82, 2.24) is 0 Å². The van der Waals surface area contributed by atoms with Crippen LogP contribution in [-0.2, 0) is 0 Å². The Morgan fingerprint density at radius 1 is 0.0902 bits per heavy atom. The van der Waals surface area contributed by atoms with E-state index in [9.17, 15) is 0 Å². The van der Waals surface area contributed by atoms with Crippen LogP contribution >= 0.6 is 0 Å². The molecule has 0 N–H and O–H groups in total. The molecule has 0 heteroatoms. The van der Waals surface area contributed by atoms with Gasteiger partial charge in [-0.15, -0.1) is 0 Å². The van der Waals surface area contributed by atoms with Crippen LogP contribution in [0.4, 0.5) is 0 Å². The maximum absolute atomic E-state index is 2.26. The van der Waals surface area contributed by atoms with Crippen molar-refractivity contribution in [3.63, 3.8) is 0 Å². The summed E-state index contributed by atoms with van der Waals surface area (Å²) < 4.78 is 0. The van der Waals surface area contributed by atoms with Gasteiger partial charge in [-0.2, -0.15) is 0 Å². The van der Waals surface area contributed by atoms with E-state index in [-0.39, 0.29) is 0 Å². The minimum absolute atomic E-state index is 1.26. The van der Waals surface area contributed by atoms with Crippen molar-refractivity contribution in [1.29, 1.82) is 0 Å². The zero-order chi connectivity index (χ0) is 84.7. The maximum Gasteiger partial charge on any atom is -0.0154 e. The predicted octanol–water partition coefficient (Wildman–Crippen LogP) is 34.3. The molecule has 122 heavy (non-hydrogen) atoms. The molecule has 0 heterocycles. The van der Waals surface area contributed by atoms with Crippen LogP contribution in [0.5, 0.6) is 0 Å². The van der Waals surface area contributed by atoms with Crippen LogP contribution in [0.3, 0.4) is 0 Å². The highest BCUT2D eigenvalue weighted by Crippen LogP contribution is 2.33. The lowest BCUT2D eigenvalue weighted by atomic mass is 9.96. The fourth-order valence-electron chi connectivity index (χ4n) is 14.4. The molecule has 0 unspecified atom stereocenters. The van der Waals surface area contributed by atoms with Gasteiger partial charge in [0.2, 0.25) is 0 Å². The molecule has 19 aromatic carbocycles. The van der Waals surface area contributed by atoms with Gasteiger partial charge in [0.05, 0.1) is 0 Å². The number of benzene rings is 19. The summed E-state index contributed by atoms with van der Waals surface area (Å²) >= 11 is 0. The van der Waals surface area contributed by atoms with E-state index in [4.69, 9.17) is 0 Å². The van der Waals surface area contributed by atoms with Crippen molar-refractivity contribution in [2.24, 2.45) is 0 Å².